The summed E-state index contributed by atoms with van der Waals surface area (Å²) >= 11 is 1.69. The molecule has 2 radical (unpaired) electrons. The maximum absolute atomic E-state index is 7.26. The molecule has 0 aromatic carbocycles. The third-order valence-corrected chi connectivity index (χ3v) is 0.176. The average Bonchev–Trinajstić information content (AvgIpc) is 1.61. The van der Waals surface area contributed by atoms with E-state index in [9.17, 15) is 0 Å². The second kappa shape index (κ2) is 5.33. The molecule has 0 bridgehead atoms. The van der Waals surface area contributed by atoms with Crippen molar-refractivity contribution < 1.29 is 24.3 Å². The monoisotopic (exact) mass is 108 g/mol. The van der Waals surface area contributed by atoms with Crippen LogP contribution in [-0.4, -0.2) is 21.9 Å². The second-order valence-corrected chi connectivity index (χ2v) is 0.499. The highest BCUT2D eigenvalue weighted by Gasteiger charge is 1.74. The number of rotatable bonds is 3. The van der Waals surface area contributed by atoms with Crippen LogP contribution in [0.4, 0.5) is 0 Å². The van der Waals surface area contributed by atoms with Gasteiger partial charge in [0.1, 0.15) is 0 Å². The van der Waals surface area contributed by atoms with Gasteiger partial charge in [-0.2, -0.15) is 0 Å². The van der Waals surface area contributed by atoms with Gasteiger partial charge in [0.05, 0.1) is 0 Å². The first-order valence-electron chi connectivity index (χ1n) is 0.918. The predicted molar refractivity (Wildman–Crippen MR) is 12.7 cm³/mol. The van der Waals surface area contributed by atoms with Crippen LogP contribution in [0.1, 0.15) is 0 Å². The Morgan fingerprint density at radius 3 is 2.17 bits per heavy atom. The fraction of sp³-hybridized carbons (Fsp3) is 0. The zero-order chi connectivity index (χ0) is 4.83. The first-order valence-corrected chi connectivity index (χ1v) is 1.39. The molecule has 0 aliphatic rings. The van der Waals surface area contributed by atoms with E-state index in [1.807, 2.05) is 0 Å². The van der Waals surface area contributed by atoms with Crippen LogP contribution in [0.2, 0.25) is 0 Å². The summed E-state index contributed by atoms with van der Waals surface area (Å²) in [5, 5.41) is 17.0. The molecule has 6 heteroatoms. The predicted octanol–water partition coefficient (Wildman–Crippen LogP) is -0.646. The van der Waals surface area contributed by atoms with Gasteiger partial charge in [0.25, 0.3) is 0 Å². The third-order valence-electron chi connectivity index (χ3n) is 0.0975. The van der Waals surface area contributed by atoms with Gasteiger partial charge in [0.2, 0.25) is 0 Å². The minimum absolute atomic E-state index is 1.69. The lowest BCUT2D eigenvalue weighted by Crippen LogP contribution is -1.90. The smallest absolute Gasteiger partial charge is 0.367 e. The van der Waals surface area contributed by atoms with Crippen LogP contribution in [0.5, 0.6) is 0 Å². The van der Waals surface area contributed by atoms with Crippen LogP contribution >= 0.6 is 0 Å². The molecule has 0 aromatic rings. The lowest BCUT2D eigenvalue weighted by Gasteiger charge is -1.89. The molecule has 0 heterocycles. The lowest BCUT2D eigenvalue weighted by atomic mass is 14.3. The van der Waals surface area contributed by atoms with Crippen molar-refractivity contribution in [1.82, 2.24) is 0 Å². The highest BCUT2D eigenvalue weighted by Crippen LogP contribution is 1.71. The summed E-state index contributed by atoms with van der Waals surface area (Å²) in [5.74, 6) is 0. The Labute approximate surface area is 41.8 Å². The van der Waals surface area contributed by atoms with E-state index in [1.54, 1.807) is 16.6 Å². The van der Waals surface area contributed by atoms with E-state index in [-0.39, 0.29) is 0 Å². The number of hydrogen-bond donors (Lipinski definition) is 1. The molecule has 0 unspecified atom stereocenters. The van der Waals surface area contributed by atoms with Gasteiger partial charge in [-0.1, -0.05) is 5.04 Å². The lowest BCUT2D eigenvalue weighted by molar-refractivity contribution is -0.685. The molecule has 0 amide bonds. The molecule has 0 atom stereocenters. The Balaban J connectivity index is 2.34. The zero-order valence-corrected chi connectivity index (χ0v) is 3.81. The van der Waals surface area contributed by atoms with Crippen molar-refractivity contribution in [3.05, 3.63) is 0 Å². The van der Waals surface area contributed by atoms with Gasteiger partial charge < -0.3 is 3.94 Å². The molecule has 0 aliphatic heterocycles. The molecule has 5 nitrogen and oxygen atoms in total. The molecule has 6 heavy (non-hydrogen) atoms. The SMILES string of the molecule is OOOO[O][Al]. The van der Waals surface area contributed by atoms with Gasteiger partial charge in [-0.05, 0) is 10.1 Å². The Kier molecular flexibility index (Phi) is 5.63. The topological polar surface area (TPSA) is 57.2 Å². The van der Waals surface area contributed by atoms with Crippen LogP contribution in [0.25, 0.3) is 0 Å². The van der Waals surface area contributed by atoms with E-state index >= 15 is 0 Å². The van der Waals surface area contributed by atoms with Crippen molar-refractivity contribution in [2.75, 3.05) is 0 Å². The average molecular weight is 108 g/mol. The Bertz CT molecular complexity index is 15.9. The normalized spacial score (nSPS) is 8.83. The Morgan fingerprint density at radius 1 is 1.33 bits per heavy atom. The van der Waals surface area contributed by atoms with Crippen LogP contribution in [0, 0.1) is 0 Å². The Hall–Kier alpha value is 0.332. The molecule has 0 saturated heterocycles. The van der Waals surface area contributed by atoms with Crippen molar-refractivity contribution in [2.24, 2.45) is 0 Å². The highest BCUT2D eigenvalue weighted by molar-refractivity contribution is 5.97. The molecule has 34 valence electrons. The molecule has 0 fully saturated rings. The van der Waals surface area contributed by atoms with Crippen molar-refractivity contribution in [2.45, 2.75) is 0 Å². The highest BCUT2D eigenvalue weighted by atomic mass is 27.1. The summed E-state index contributed by atoms with van der Waals surface area (Å²) in [7, 11) is 0. The van der Waals surface area contributed by atoms with Gasteiger partial charge in [0, 0.05) is 0 Å². The fourth-order valence-electron chi connectivity index (χ4n) is 0.0285. The molecule has 0 spiro atoms. The van der Waals surface area contributed by atoms with Gasteiger partial charge in [-0.25, -0.2) is 5.26 Å². The van der Waals surface area contributed by atoms with Gasteiger partial charge in [0.15, 0.2) is 0 Å². The molecular formula is HAlO5. The van der Waals surface area contributed by atoms with Crippen LogP contribution in [0.3, 0.4) is 0 Å². The molecule has 0 rings (SSSR count). The summed E-state index contributed by atoms with van der Waals surface area (Å²) in [5.41, 5.74) is 0. The third kappa shape index (κ3) is 4.33. The molecular weight excluding hydrogens is 107 g/mol. The standard InChI is InChI=1S/Al.H2O5/c;1-3-5-4-2/h;1-2H/q+1;/p-1. The molecule has 0 aliphatic carbocycles. The summed E-state index contributed by atoms with van der Waals surface area (Å²) in [6, 6.07) is 0. The zero-order valence-electron chi connectivity index (χ0n) is 2.66. The maximum atomic E-state index is 7.26. The summed E-state index contributed by atoms with van der Waals surface area (Å²) in [4.78, 5) is 0. The van der Waals surface area contributed by atoms with Crippen molar-refractivity contribution in [3.8, 4) is 0 Å². The second-order valence-electron chi connectivity index (χ2n) is 0.307. The van der Waals surface area contributed by atoms with Crippen LogP contribution in [-0.2, 0) is 19.1 Å². The minimum atomic E-state index is 1.69. The van der Waals surface area contributed by atoms with Gasteiger partial charge in [-0.15, -0.1) is 0 Å². The minimum Gasteiger partial charge on any atom is -0.367 e. The first-order chi connectivity index (χ1) is 2.91. The van der Waals surface area contributed by atoms with E-state index in [0.717, 1.165) is 0 Å². The maximum Gasteiger partial charge on any atom is 0.441 e. The van der Waals surface area contributed by atoms with Crippen LogP contribution in [0.15, 0.2) is 0 Å². The van der Waals surface area contributed by atoms with E-state index in [2.05, 4.69) is 19.1 Å². The quantitative estimate of drug-likeness (QED) is 0.225. The fourth-order valence-corrected chi connectivity index (χ4v) is 0.0605. The largest absolute Gasteiger partial charge is 0.441 e. The van der Waals surface area contributed by atoms with E-state index in [0.29, 0.717) is 0 Å². The van der Waals surface area contributed by atoms with E-state index in [1.165, 1.54) is 0 Å². The summed E-state index contributed by atoms with van der Waals surface area (Å²) in [6.45, 7) is 0. The summed E-state index contributed by atoms with van der Waals surface area (Å²) < 4.78 is 3.69. The number of hydrogen-bond acceptors (Lipinski definition) is 5. The molecule has 0 aromatic heterocycles. The van der Waals surface area contributed by atoms with Crippen molar-refractivity contribution >= 4 is 16.6 Å². The van der Waals surface area contributed by atoms with Crippen molar-refractivity contribution in [3.63, 3.8) is 0 Å². The first kappa shape index (κ1) is 6.33. The Morgan fingerprint density at radius 2 is 2.00 bits per heavy atom. The van der Waals surface area contributed by atoms with Gasteiger partial charge >= 0.3 is 16.6 Å². The van der Waals surface area contributed by atoms with Gasteiger partial charge in [-0.3, -0.25) is 0 Å². The van der Waals surface area contributed by atoms with Crippen LogP contribution < -0.4 is 0 Å². The summed E-state index contributed by atoms with van der Waals surface area (Å²) in [6.07, 6.45) is 0. The van der Waals surface area contributed by atoms with E-state index < -0.39 is 0 Å². The van der Waals surface area contributed by atoms with Crippen molar-refractivity contribution in [1.29, 1.82) is 0 Å². The molecule has 0 saturated carbocycles. The molecule has 1 N–H and O–H groups in total. The van der Waals surface area contributed by atoms with E-state index in [4.69, 9.17) is 5.26 Å².